The lowest BCUT2D eigenvalue weighted by atomic mass is 10.1. The lowest BCUT2D eigenvalue weighted by molar-refractivity contribution is 0.230. The molecule has 16 heavy (non-hydrogen) atoms. The normalized spacial score (nSPS) is 17.6. The summed E-state index contributed by atoms with van der Waals surface area (Å²) in [7, 11) is 0. The van der Waals surface area contributed by atoms with Gasteiger partial charge in [-0.15, -0.1) is 0 Å². The minimum Gasteiger partial charge on any atom is -0.394 e. The first-order valence-corrected chi connectivity index (χ1v) is 7.19. The summed E-state index contributed by atoms with van der Waals surface area (Å²) in [5, 5.41) is 12.6. The Morgan fingerprint density at radius 2 is 1.50 bits per heavy atom. The summed E-state index contributed by atoms with van der Waals surface area (Å²) >= 11 is 0. The molecular weight excluding hydrogens is 198 g/mol. The van der Waals surface area contributed by atoms with Gasteiger partial charge >= 0.3 is 0 Å². The molecule has 1 aliphatic carbocycles. The Bertz CT molecular complexity index is 166. The zero-order valence-corrected chi connectivity index (χ0v) is 10.9. The summed E-state index contributed by atoms with van der Waals surface area (Å²) in [6.07, 6.45) is 13.3. The van der Waals surface area contributed by atoms with E-state index in [1.807, 2.05) is 0 Å². The maximum atomic E-state index is 9.12. The number of hydrogen-bond acceptors (Lipinski definition) is 2. The Balaban J connectivity index is 1.75. The highest BCUT2D eigenvalue weighted by molar-refractivity contribution is 5.01. The van der Waals surface area contributed by atoms with Gasteiger partial charge in [-0.2, -0.15) is 0 Å². The van der Waals surface area contributed by atoms with Crippen LogP contribution in [-0.4, -0.2) is 23.8 Å². The molecule has 2 heteroatoms. The fourth-order valence-corrected chi connectivity index (χ4v) is 2.15. The minimum atomic E-state index is 0.140. The number of nitrogens with one attached hydrogen (secondary N) is 1. The van der Waals surface area contributed by atoms with E-state index in [0.717, 1.165) is 6.54 Å². The summed E-state index contributed by atoms with van der Waals surface area (Å²) in [5.74, 6) is 0. The van der Waals surface area contributed by atoms with E-state index >= 15 is 0 Å². The van der Waals surface area contributed by atoms with E-state index in [9.17, 15) is 0 Å². The second-order valence-electron chi connectivity index (χ2n) is 5.34. The molecule has 2 N–H and O–H groups in total. The van der Waals surface area contributed by atoms with Crippen molar-refractivity contribution in [2.45, 2.75) is 76.7 Å². The fraction of sp³-hybridized carbons (Fsp3) is 1.00. The third-order valence-corrected chi connectivity index (χ3v) is 3.69. The first-order valence-electron chi connectivity index (χ1n) is 7.19. The second-order valence-corrected chi connectivity index (χ2v) is 5.34. The van der Waals surface area contributed by atoms with Gasteiger partial charge < -0.3 is 10.4 Å². The first-order chi connectivity index (χ1) is 7.83. The van der Waals surface area contributed by atoms with Gasteiger partial charge in [0.05, 0.1) is 6.61 Å². The van der Waals surface area contributed by atoms with Crippen molar-refractivity contribution in [2.24, 2.45) is 0 Å². The maximum absolute atomic E-state index is 9.12. The number of aliphatic hydroxyl groups is 1. The van der Waals surface area contributed by atoms with Crippen molar-refractivity contribution >= 4 is 0 Å². The second kappa shape index (κ2) is 8.08. The molecule has 0 aromatic carbocycles. The lowest BCUT2D eigenvalue weighted by Crippen LogP contribution is -2.35. The molecule has 1 fully saturated rings. The first kappa shape index (κ1) is 14.0. The summed E-state index contributed by atoms with van der Waals surface area (Å²) < 4.78 is 0. The van der Waals surface area contributed by atoms with E-state index in [2.05, 4.69) is 12.2 Å². The monoisotopic (exact) mass is 227 g/mol. The highest BCUT2D eigenvalue weighted by Crippen LogP contribution is 2.34. The van der Waals surface area contributed by atoms with Gasteiger partial charge in [0.15, 0.2) is 0 Å². The molecule has 1 saturated carbocycles. The largest absolute Gasteiger partial charge is 0.394 e. The van der Waals surface area contributed by atoms with E-state index in [4.69, 9.17) is 5.11 Å². The van der Waals surface area contributed by atoms with Gasteiger partial charge in [-0.3, -0.25) is 0 Å². The smallest absolute Gasteiger partial charge is 0.0613 e. The highest BCUT2D eigenvalue weighted by atomic mass is 16.3. The fourth-order valence-electron chi connectivity index (χ4n) is 2.15. The summed E-state index contributed by atoms with van der Waals surface area (Å²) in [5.41, 5.74) is 0.140. The molecule has 0 aliphatic heterocycles. The molecule has 0 spiro atoms. The Labute approximate surface area is 101 Å². The third kappa shape index (κ3) is 5.86. The van der Waals surface area contributed by atoms with Crippen LogP contribution >= 0.6 is 0 Å². The predicted molar refractivity (Wildman–Crippen MR) is 69.7 cm³/mol. The van der Waals surface area contributed by atoms with Crippen molar-refractivity contribution in [3.8, 4) is 0 Å². The topological polar surface area (TPSA) is 32.3 Å². The number of aliphatic hydroxyl groups excluding tert-OH is 1. The number of unbranched alkanes of at least 4 members (excludes halogenated alkanes) is 7. The molecule has 96 valence electrons. The zero-order valence-electron chi connectivity index (χ0n) is 10.9. The zero-order chi connectivity index (χ0) is 11.7. The van der Waals surface area contributed by atoms with Crippen molar-refractivity contribution in [1.82, 2.24) is 5.32 Å². The third-order valence-electron chi connectivity index (χ3n) is 3.69. The minimum absolute atomic E-state index is 0.140. The Morgan fingerprint density at radius 1 is 0.938 bits per heavy atom. The van der Waals surface area contributed by atoms with Crippen molar-refractivity contribution in [3.05, 3.63) is 0 Å². The van der Waals surface area contributed by atoms with Gasteiger partial charge in [0, 0.05) is 5.54 Å². The van der Waals surface area contributed by atoms with Crippen LogP contribution in [0.3, 0.4) is 0 Å². The van der Waals surface area contributed by atoms with Gasteiger partial charge in [-0.1, -0.05) is 51.9 Å². The van der Waals surface area contributed by atoms with Crippen LogP contribution in [-0.2, 0) is 0 Å². The van der Waals surface area contributed by atoms with Gasteiger partial charge in [0.25, 0.3) is 0 Å². The molecule has 2 nitrogen and oxygen atoms in total. The highest BCUT2D eigenvalue weighted by Gasteiger charge is 2.40. The average Bonchev–Trinajstić information content (AvgIpc) is 3.08. The molecular formula is C14H29NO. The summed E-state index contributed by atoms with van der Waals surface area (Å²) in [6, 6.07) is 0. The van der Waals surface area contributed by atoms with Gasteiger partial charge in [0.2, 0.25) is 0 Å². The number of rotatable bonds is 11. The quantitative estimate of drug-likeness (QED) is 0.531. The summed E-state index contributed by atoms with van der Waals surface area (Å²) in [6.45, 7) is 3.68. The average molecular weight is 227 g/mol. The molecule has 0 unspecified atom stereocenters. The molecule has 1 aliphatic rings. The van der Waals surface area contributed by atoms with E-state index in [1.165, 1.54) is 64.2 Å². The van der Waals surface area contributed by atoms with Crippen LogP contribution in [0.25, 0.3) is 0 Å². The SMILES string of the molecule is CCCCCCCCCCNC1(CO)CC1. The van der Waals surface area contributed by atoms with Crippen LogP contribution < -0.4 is 5.32 Å². The van der Waals surface area contributed by atoms with Crippen LogP contribution in [0.15, 0.2) is 0 Å². The van der Waals surface area contributed by atoms with Crippen molar-refractivity contribution in [3.63, 3.8) is 0 Å². The van der Waals surface area contributed by atoms with Crippen LogP contribution in [0.2, 0.25) is 0 Å². The molecule has 0 aromatic rings. The molecule has 0 amide bonds. The van der Waals surface area contributed by atoms with Crippen molar-refractivity contribution in [1.29, 1.82) is 0 Å². The Morgan fingerprint density at radius 3 is 2.00 bits per heavy atom. The van der Waals surface area contributed by atoms with E-state index in [1.54, 1.807) is 0 Å². The van der Waals surface area contributed by atoms with Gasteiger partial charge in [-0.25, -0.2) is 0 Å². The molecule has 0 radical (unpaired) electrons. The number of hydrogen-bond donors (Lipinski definition) is 2. The molecule has 0 saturated heterocycles. The van der Waals surface area contributed by atoms with E-state index < -0.39 is 0 Å². The molecule has 0 atom stereocenters. The van der Waals surface area contributed by atoms with Gasteiger partial charge in [-0.05, 0) is 25.8 Å². The predicted octanol–water partition coefficient (Wildman–Crippen LogP) is 3.24. The maximum Gasteiger partial charge on any atom is 0.0613 e. The lowest BCUT2D eigenvalue weighted by Gasteiger charge is -2.13. The summed E-state index contributed by atoms with van der Waals surface area (Å²) in [4.78, 5) is 0. The van der Waals surface area contributed by atoms with Crippen molar-refractivity contribution < 1.29 is 5.11 Å². The van der Waals surface area contributed by atoms with E-state index in [0.29, 0.717) is 6.61 Å². The molecule has 1 rings (SSSR count). The van der Waals surface area contributed by atoms with Crippen LogP contribution in [0.5, 0.6) is 0 Å². The Kier molecular flexibility index (Phi) is 7.06. The van der Waals surface area contributed by atoms with Crippen molar-refractivity contribution in [2.75, 3.05) is 13.2 Å². The Hall–Kier alpha value is -0.0800. The molecule has 0 bridgehead atoms. The molecule has 0 aromatic heterocycles. The van der Waals surface area contributed by atoms with E-state index in [-0.39, 0.29) is 5.54 Å². The van der Waals surface area contributed by atoms with Crippen LogP contribution in [0, 0.1) is 0 Å². The van der Waals surface area contributed by atoms with Crippen LogP contribution in [0.1, 0.15) is 71.1 Å². The standard InChI is InChI=1S/C14H29NO/c1-2-3-4-5-6-7-8-9-12-15-14(13-16)10-11-14/h15-16H,2-13H2,1H3. The molecule has 0 heterocycles. The van der Waals surface area contributed by atoms with Crippen LogP contribution in [0.4, 0.5) is 0 Å². The van der Waals surface area contributed by atoms with Gasteiger partial charge in [0.1, 0.15) is 0 Å².